The van der Waals surface area contributed by atoms with E-state index in [9.17, 15) is 17.8 Å². The highest BCUT2D eigenvalue weighted by Gasteiger charge is 2.31. The maximum atomic E-state index is 11.0. The molecule has 1 N–H and O–H groups in total. The van der Waals surface area contributed by atoms with Crippen LogP contribution in [0.2, 0.25) is 0 Å². The first-order valence-electron chi connectivity index (χ1n) is 7.71. The Labute approximate surface area is 142 Å². The molecule has 1 aromatic rings. The van der Waals surface area contributed by atoms with Crippen LogP contribution in [0.3, 0.4) is 0 Å². The predicted octanol–water partition coefficient (Wildman–Crippen LogP) is -0.521. The molecule has 0 unspecified atom stereocenters. The van der Waals surface area contributed by atoms with Gasteiger partial charge in [-0.3, -0.25) is 8.98 Å². The van der Waals surface area contributed by atoms with Crippen LogP contribution in [0.5, 0.6) is 0 Å². The van der Waals surface area contributed by atoms with E-state index < -0.39 is 28.5 Å². The van der Waals surface area contributed by atoms with Gasteiger partial charge in [0, 0.05) is 13.0 Å². The zero-order chi connectivity index (χ0) is 18.2. The van der Waals surface area contributed by atoms with Crippen molar-refractivity contribution in [3.63, 3.8) is 0 Å². The highest BCUT2D eigenvalue weighted by Crippen LogP contribution is 2.13. The summed E-state index contributed by atoms with van der Waals surface area (Å²) in [6.45, 7) is 3.50. The van der Waals surface area contributed by atoms with Crippen LogP contribution in [0.15, 0.2) is 18.7 Å². The van der Waals surface area contributed by atoms with Gasteiger partial charge in [-0.25, -0.2) is 17.6 Å². The molecule has 0 spiro atoms. The fourth-order valence-corrected chi connectivity index (χ4v) is 2.72. The molecule has 0 amide bonds. The molecule has 0 aromatic carbocycles. The van der Waals surface area contributed by atoms with Crippen LogP contribution in [0, 0.1) is 0 Å². The Hall–Kier alpha value is -1.49. The molecule has 1 aliphatic rings. The summed E-state index contributed by atoms with van der Waals surface area (Å²) in [6, 6.07) is -0.605. The van der Waals surface area contributed by atoms with Crippen molar-refractivity contribution < 1.29 is 31.3 Å². The van der Waals surface area contributed by atoms with E-state index in [2.05, 4.69) is 49.0 Å². The first kappa shape index (κ1) is 20.6. The van der Waals surface area contributed by atoms with Crippen molar-refractivity contribution in [1.29, 1.82) is 0 Å². The minimum atomic E-state index is -4.71. The Morgan fingerprint density at radius 1 is 1.50 bits per heavy atom. The normalized spacial score (nSPS) is 20.3. The number of carbonyl (C=O) groups is 1. The smallest absolute Gasteiger partial charge is 0.322 e. The molecule has 1 aromatic heterocycles. The quantitative estimate of drug-likeness (QED) is 0.313. The number of unbranched alkanes of at least 4 members (excludes halogenated alkanes) is 1. The van der Waals surface area contributed by atoms with E-state index in [1.54, 1.807) is 0 Å². The average Bonchev–Trinajstić information content (AvgIpc) is 3.12. The summed E-state index contributed by atoms with van der Waals surface area (Å²) in [4.78, 5) is 11.0. The van der Waals surface area contributed by atoms with Gasteiger partial charge in [0.25, 0.3) is 0 Å². The number of hydrogen-bond acceptors (Lipinski definition) is 7. The van der Waals surface area contributed by atoms with E-state index in [-0.39, 0.29) is 13.0 Å². The van der Waals surface area contributed by atoms with Crippen LogP contribution in [-0.2, 0) is 37.7 Å². The lowest BCUT2D eigenvalue weighted by Gasteiger charge is -2.12. The molecule has 1 aliphatic heterocycles. The zero-order valence-electron chi connectivity index (χ0n) is 14.2. The standard InChI is InChI=1S/C8H15N2.C6H11NO6S/c1-3-4-5-10-7-6-9(2)8-10;1-12-6(8)5-2-4(3-7-5)13-14(9,10)11/h6-8H,3-5H2,1-2H3;4-5,7H,2-3H2,1H3,(H,9,10,11)/q+1;/p-1/t;4-,5+/m.1/s1. The van der Waals surface area contributed by atoms with Gasteiger partial charge in [-0.05, 0) is 6.42 Å². The van der Waals surface area contributed by atoms with E-state index in [0.717, 1.165) is 6.54 Å². The van der Waals surface area contributed by atoms with Crippen LogP contribution in [0.25, 0.3) is 0 Å². The molecule has 9 nitrogen and oxygen atoms in total. The van der Waals surface area contributed by atoms with Crippen molar-refractivity contribution in [2.45, 2.75) is 44.9 Å². The third-order valence-electron chi connectivity index (χ3n) is 3.42. The molecule has 0 radical (unpaired) electrons. The fourth-order valence-electron chi connectivity index (χ4n) is 2.24. The molecule has 0 saturated carbocycles. The lowest BCUT2D eigenvalue weighted by atomic mass is 10.2. The molecule has 0 aliphatic carbocycles. The van der Waals surface area contributed by atoms with Crippen LogP contribution < -0.4 is 9.88 Å². The Balaban J connectivity index is 0.000000254. The van der Waals surface area contributed by atoms with E-state index in [4.69, 9.17) is 0 Å². The van der Waals surface area contributed by atoms with Crippen LogP contribution in [0.4, 0.5) is 0 Å². The molecule has 2 rings (SSSR count). The minimum Gasteiger partial charge on any atom is -0.726 e. The summed E-state index contributed by atoms with van der Waals surface area (Å²) in [6.07, 6.45) is 8.15. The minimum absolute atomic E-state index is 0.119. The van der Waals surface area contributed by atoms with E-state index >= 15 is 0 Å². The molecule has 1 saturated heterocycles. The molecule has 10 heteroatoms. The Bertz CT molecular complexity index is 616. The topological polar surface area (TPSA) is 114 Å². The number of methoxy groups -OCH3 is 1. The van der Waals surface area contributed by atoms with Gasteiger partial charge in [-0.1, -0.05) is 13.3 Å². The second-order valence-electron chi connectivity index (χ2n) is 5.52. The van der Waals surface area contributed by atoms with Crippen LogP contribution in [0.1, 0.15) is 26.2 Å². The van der Waals surface area contributed by atoms with E-state index in [1.165, 1.54) is 20.0 Å². The molecule has 1 fully saturated rings. The Morgan fingerprint density at radius 3 is 2.71 bits per heavy atom. The highest BCUT2D eigenvalue weighted by molar-refractivity contribution is 7.80. The number of carbonyl (C=O) groups excluding carboxylic acids is 1. The predicted molar refractivity (Wildman–Crippen MR) is 83.5 cm³/mol. The molecule has 0 bridgehead atoms. The summed E-state index contributed by atoms with van der Waals surface area (Å²) in [5.74, 6) is -0.501. The number of hydrogen-bond donors (Lipinski definition) is 1. The largest absolute Gasteiger partial charge is 0.726 e. The number of aryl methyl sites for hydroxylation is 2. The number of ether oxygens (including phenoxy) is 1. The van der Waals surface area contributed by atoms with Gasteiger partial charge in [0.15, 0.2) is 0 Å². The molecule has 138 valence electrons. The third kappa shape index (κ3) is 7.86. The monoisotopic (exact) mass is 363 g/mol. The lowest BCUT2D eigenvalue weighted by molar-refractivity contribution is -0.671. The van der Waals surface area contributed by atoms with Gasteiger partial charge >= 0.3 is 5.97 Å². The number of rotatable bonds is 6. The van der Waals surface area contributed by atoms with Crippen LogP contribution in [-0.4, -0.2) is 49.3 Å². The van der Waals surface area contributed by atoms with Crippen molar-refractivity contribution in [3.05, 3.63) is 18.7 Å². The van der Waals surface area contributed by atoms with Crippen molar-refractivity contribution in [1.82, 2.24) is 9.88 Å². The zero-order valence-corrected chi connectivity index (χ0v) is 15.0. The first-order valence-corrected chi connectivity index (χ1v) is 9.04. The molecular weight excluding hydrogens is 338 g/mol. The first-order chi connectivity index (χ1) is 11.2. The number of aromatic nitrogens is 2. The summed E-state index contributed by atoms with van der Waals surface area (Å²) in [5.41, 5.74) is 0. The number of imidazole rings is 1. The third-order valence-corrected chi connectivity index (χ3v) is 3.93. The van der Waals surface area contributed by atoms with Gasteiger partial charge in [0.2, 0.25) is 16.7 Å². The summed E-state index contributed by atoms with van der Waals surface area (Å²) < 4.78 is 43.5. The van der Waals surface area contributed by atoms with E-state index in [1.807, 2.05) is 7.05 Å². The van der Waals surface area contributed by atoms with Crippen molar-refractivity contribution >= 4 is 16.4 Å². The summed E-state index contributed by atoms with van der Waals surface area (Å²) in [5, 5.41) is 2.68. The second-order valence-corrected chi connectivity index (χ2v) is 6.53. The number of esters is 1. The maximum Gasteiger partial charge on any atom is 0.322 e. The van der Waals surface area contributed by atoms with Gasteiger partial charge < -0.3 is 14.6 Å². The van der Waals surface area contributed by atoms with Crippen molar-refractivity contribution in [2.75, 3.05) is 13.7 Å². The van der Waals surface area contributed by atoms with Crippen molar-refractivity contribution in [2.24, 2.45) is 7.05 Å². The van der Waals surface area contributed by atoms with Crippen molar-refractivity contribution in [3.8, 4) is 0 Å². The SMILES string of the molecule is CCCCn1cc[n+](C)c1.COC(=O)[C@@H]1C[C@@H](OS(=O)(=O)[O-])CN1. The lowest BCUT2D eigenvalue weighted by Crippen LogP contribution is -2.31. The van der Waals surface area contributed by atoms with Gasteiger partial charge in [0.1, 0.15) is 18.4 Å². The van der Waals surface area contributed by atoms with Gasteiger partial charge in [-0.2, -0.15) is 0 Å². The Morgan fingerprint density at radius 2 is 2.21 bits per heavy atom. The summed E-state index contributed by atoms with van der Waals surface area (Å²) in [7, 11) is -1.44. The molecule has 2 atom stereocenters. The average molecular weight is 363 g/mol. The number of nitrogens with one attached hydrogen (secondary N) is 1. The molecular formula is C14H25N3O6S. The van der Waals surface area contributed by atoms with E-state index in [0.29, 0.717) is 0 Å². The van der Waals surface area contributed by atoms with Gasteiger partial charge in [-0.15, -0.1) is 0 Å². The molecule has 2 heterocycles. The molecule has 24 heavy (non-hydrogen) atoms. The van der Waals surface area contributed by atoms with Gasteiger partial charge in [0.05, 0.1) is 26.8 Å². The van der Waals surface area contributed by atoms with Crippen LogP contribution >= 0.6 is 0 Å². The highest BCUT2D eigenvalue weighted by atomic mass is 32.3. The second kappa shape index (κ2) is 9.72. The Kier molecular flexibility index (Phi) is 8.32. The fraction of sp³-hybridized carbons (Fsp3) is 0.714. The summed E-state index contributed by atoms with van der Waals surface area (Å²) >= 11 is 0. The maximum absolute atomic E-state index is 11.0. The number of nitrogens with zero attached hydrogens (tertiary/aromatic N) is 2.